The zero-order valence-corrected chi connectivity index (χ0v) is 13.2. The molecule has 1 aliphatic heterocycles. The fraction of sp³-hybridized carbons (Fsp3) is 0.375. The van der Waals surface area contributed by atoms with Crippen LogP contribution in [0, 0.1) is 5.41 Å². The number of aliphatic hydroxyl groups is 1. The number of halogens is 1. The van der Waals surface area contributed by atoms with Crippen LogP contribution in [0.2, 0.25) is 5.02 Å². The van der Waals surface area contributed by atoms with Crippen LogP contribution in [-0.2, 0) is 11.3 Å². The number of ether oxygens (including phenoxy) is 1. The second-order valence-electron chi connectivity index (χ2n) is 5.53. The summed E-state index contributed by atoms with van der Waals surface area (Å²) in [5.41, 5.74) is 1.12. The normalized spacial score (nSPS) is 16.7. The van der Waals surface area contributed by atoms with Crippen molar-refractivity contribution in [3.63, 3.8) is 0 Å². The molecule has 0 amide bonds. The molecule has 112 valence electrons. The van der Waals surface area contributed by atoms with Gasteiger partial charge in [0.25, 0.3) is 0 Å². The van der Waals surface area contributed by atoms with Crippen LogP contribution in [-0.4, -0.2) is 31.5 Å². The van der Waals surface area contributed by atoms with Gasteiger partial charge in [0.15, 0.2) is 0 Å². The van der Waals surface area contributed by atoms with E-state index in [1.807, 2.05) is 24.3 Å². The molecule has 0 unspecified atom stereocenters. The summed E-state index contributed by atoms with van der Waals surface area (Å²) in [5, 5.41) is 13.6. The molecule has 1 fully saturated rings. The van der Waals surface area contributed by atoms with Gasteiger partial charge < -0.3 is 15.2 Å². The number of hydrogen-bond donors (Lipinski definition) is 2. The highest BCUT2D eigenvalue weighted by molar-refractivity contribution is 7.15. The predicted molar refractivity (Wildman–Crippen MR) is 86.8 cm³/mol. The van der Waals surface area contributed by atoms with Gasteiger partial charge in [-0.15, -0.1) is 11.3 Å². The Bertz CT molecular complexity index is 587. The molecular formula is C16H18ClNO2S. The summed E-state index contributed by atoms with van der Waals surface area (Å²) in [6, 6.07) is 12.2. The van der Waals surface area contributed by atoms with Crippen molar-refractivity contribution < 1.29 is 9.84 Å². The molecule has 3 nitrogen and oxygen atoms in total. The van der Waals surface area contributed by atoms with E-state index in [1.165, 1.54) is 15.3 Å². The molecule has 0 atom stereocenters. The van der Waals surface area contributed by atoms with Crippen molar-refractivity contribution in [2.24, 2.45) is 5.41 Å². The highest BCUT2D eigenvalue weighted by Gasteiger charge is 2.37. The van der Waals surface area contributed by atoms with Crippen molar-refractivity contribution in [3.05, 3.63) is 46.3 Å². The maximum absolute atomic E-state index is 9.38. The summed E-state index contributed by atoms with van der Waals surface area (Å²) in [7, 11) is 0. The van der Waals surface area contributed by atoms with Crippen LogP contribution in [0.1, 0.15) is 4.88 Å². The summed E-state index contributed by atoms with van der Waals surface area (Å²) in [5.74, 6) is 0. The van der Waals surface area contributed by atoms with E-state index in [9.17, 15) is 5.11 Å². The van der Waals surface area contributed by atoms with Crippen LogP contribution >= 0.6 is 22.9 Å². The molecule has 2 aromatic rings. The summed E-state index contributed by atoms with van der Waals surface area (Å²) in [6.07, 6.45) is 0. The van der Waals surface area contributed by atoms with Crippen molar-refractivity contribution in [3.8, 4) is 10.4 Å². The monoisotopic (exact) mass is 323 g/mol. The second-order valence-corrected chi connectivity index (χ2v) is 7.13. The van der Waals surface area contributed by atoms with Crippen molar-refractivity contribution in [2.75, 3.05) is 26.4 Å². The highest BCUT2D eigenvalue weighted by Crippen LogP contribution is 2.29. The number of aliphatic hydroxyl groups excluding tert-OH is 1. The second kappa shape index (κ2) is 6.46. The van der Waals surface area contributed by atoms with E-state index in [4.69, 9.17) is 16.3 Å². The predicted octanol–water partition coefficient (Wildman–Crippen LogP) is 3.17. The topological polar surface area (TPSA) is 41.5 Å². The Morgan fingerprint density at radius 3 is 2.57 bits per heavy atom. The van der Waals surface area contributed by atoms with E-state index in [2.05, 4.69) is 17.4 Å². The standard InChI is InChI=1S/C16H18ClNO2S/c17-13-3-1-12(2-4-13)15-6-5-14(21-15)7-18-8-16(9-19)10-20-11-16/h1-6,18-19H,7-11H2. The van der Waals surface area contributed by atoms with Gasteiger partial charge in [-0.05, 0) is 29.8 Å². The Morgan fingerprint density at radius 2 is 1.95 bits per heavy atom. The maximum atomic E-state index is 9.38. The molecule has 5 heteroatoms. The minimum atomic E-state index is -0.0731. The first kappa shape index (κ1) is 15.0. The average Bonchev–Trinajstić information content (AvgIpc) is 2.91. The third-order valence-corrected chi connectivity index (χ3v) is 5.13. The Balaban J connectivity index is 1.56. The molecule has 1 saturated heterocycles. The molecule has 0 spiro atoms. The quantitative estimate of drug-likeness (QED) is 0.858. The van der Waals surface area contributed by atoms with Gasteiger partial charge in [-0.1, -0.05) is 23.7 Å². The molecule has 0 aliphatic carbocycles. The first-order valence-electron chi connectivity index (χ1n) is 6.95. The number of benzene rings is 1. The Morgan fingerprint density at radius 1 is 1.19 bits per heavy atom. The molecule has 1 aromatic carbocycles. The van der Waals surface area contributed by atoms with Gasteiger partial charge in [-0.3, -0.25) is 0 Å². The van der Waals surface area contributed by atoms with E-state index in [0.29, 0.717) is 13.2 Å². The number of nitrogens with one attached hydrogen (secondary N) is 1. The van der Waals surface area contributed by atoms with Crippen LogP contribution in [0.4, 0.5) is 0 Å². The minimum absolute atomic E-state index is 0.0731. The van der Waals surface area contributed by atoms with E-state index in [1.54, 1.807) is 11.3 Å². The Hall–Kier alpha value is -0.910. The highest BCUT2D eigenvalue weighted by atomic mass is 35.5. The van der Waals surface area contributed by atoms with Crippen LogP contribution in [0.3, 0.4) is 0 Å². The van der Waals surface area contributed by atoms with Crippen molar-refractivity contribution in [1.82, 2.24) is 5.32 Å². The number of rotatable bonds is 6. The lowest BCUT2D eigenvalue weighted by Crippen LogP contribution is -2.52. The van der Waals surface area contributed by atoms with Crippen LogP contribution < -0.4 is 5.32 Å². The zero-order valence-electron chi connectivity index (χ0n) is 11.6. The fourth-order valence-corrected chi connectivity index (χ4v) is 3.44. The molecule has 2 N–H and O–H groups in total. The molecule has 0 radical (unpaired) electrons. The van der Waals surface area contributed by atoms with Gasteiger partial charge in [-0.25, -0.2) is 0 Å². The molecule has 0 saturated carbocycles. The SMILES string of the molecule is OCC1(CNCc2ccc(-c3ccc(Cl)cc3)s2)COC1. The van der Waals surface area contributed by atoms with E-state index in [-0.39, 0.29) is 12.0 Å². The van der Waals surface area contributed by atoms with Crippen molar-refractivity contribution in [1.29, 1.82) is 0 Å². The van der Waals surface area contributed by atoms with Gasteiger partial charge in [0.05, 0.1) is 25.2 Å². The summed E-state index contributed by atoms with van der Waals surface area (Å²) >= 11 is 7.69. The van der Waals surface area contributed by atoms with Gasteiger partial charge in [0.1, 0.15) is 0 Å². The Labute approximate surface area is 133 Å². The summed E-state index contributed by atoms with van der Waals surface area (Å²) in [4.78, 5) is 2.53. The van der Waals surface area contributed by atoms with Gasteiger partial charge >= 0.3 is 0 Å². The molecule has 2 heterocycles. The number of hydrogen-bond acceptors (Lipinski definition) is 4. The fourth-order valence-electron chi connectivity index (χ4n) is 2.33. The van der Waals surface area contributed by atoms with Crippen molar-refractivity contribution in [2.45, 2.75) is 6.54 Å². The molecule has 1 aliphatic rings. The molecule has 21 heavy (non-hydrogen) atoms. The first-order valence-corrected chi connectivity index (χ1v) is 8.14. The third-order valence-electron chi connectivity index (χ3n) is 3.74. The van der Waals surface area contributed by atoms with Crippen LogP contribution in [0.25, 0.3) is 10.4 Å². The van der Waals surface area contributed by atoms with Gasteiger partial charge in [0.2, 0.25) is 0 Å². The van der Waals surface area contributed by atoms with E-state index >= 15 is 0 Å². The summed E-state index contributed by atoms with van der Waals surface area (Å²) in [6.45, 7) is 3.09. The minimum Gasteiger partial charge on any atom is -0.396 e. The lowest BCUT2D eigenvalue weighted by molar-refractivity contribution is -0.134. The number of thiophene rings is 1. The first-order chi connectivity index (χ1) is 10.2. The molecule has 1 aromatic heterocycles. The van der Waals surface area contributed by atoms with Crippen LogP contribution in [0.15, 0.2) is 36.4 Å². The van der Waals surface area contributed by atoms with Gasteiger partial charge in [-0.2, -0.15) is 0 Å². The smallest absolute Gasteiger partial charge is 0.0579 e. The van der Waals surface area contributed by atoms with Gasteiger partial charge in [0, 0.05) is 27.9 Å². The molecule has 3 rings (SSSR count). The Kier molecular flexibility index (Phi) is 4.62. The molecule has 0 bridgehead atoms. The maximum Gasteiger partial charge on any atom is 0.0579 e. The molecular weight excluding hydrogens is 306 g/mol. The van der Waals surface area contributed by atoms with Crippen molar-refractivity contribution >= 4 is 22.9 Å². The largest absolute Gasteiger partial charge is 0.396 e. The van der Waals surface area contributed by atoms with Crippen LogP contribution in [0.5, 0.6) is 0 Å². The average molecular weight is 324 g/mol. The van der Waals surface area contributed by atoms with E-state index < -0.39 is 0 Å². The van der Waals surface area contributed by atoms with E-state index in [0.717, 1.165) is 18.1 Å². The third kappa shape index (κ3) is 3.47. The lowest BCUT2D eigenvalue weighted by Gasteiger charge is -2.39. The summed E-state index contributed by atoms with van der Waals surface area (Å²) < 4.78 is 5.20. The lowest BCUT2D eigenvalue weighted by atomic mass is 9.87. The zero-order chi connectivity index (χ0) is 14.7.